The van der Waals surface area contributed by atoms with Crippen LogP contribution in [0.5, 0.6) is 0 Å². The molecule has 1 spiro atoms. The number of carbonyl (C=O) groups is 2. The molecule has 2 fully saturated rings. The third-order valence-corrected chi connectivity index (χ3v) is 6.40. The van der Waals surface area contributed by atoms with E-state index in [1.54, 1.807) is 6.20 Å². The number of imidazole rings is 1. The molecule has 1 aromatic rings. The van der Waals surface area contributed by atoms with Gasteiger partial charge in [0.15, 0.2) is 0 Å². The summed E-state index contributed by atoms with van der Waals surface area (Å²) in [7, 11) is 0. The van der Waals surface area contributed by atoms with Gasteiger partial charge < -0.3 is 19.9 Å². The standard InChI is InChI=1S/C17H23BrN4O3/c18-13-9-20-14-2-1-11(10-22(13)14)15(23)21-8-12-7-17(16(24)25-12)3-5-19-6-4-17/h9,11-12,19H,1-8,10H2,(H,21,23). The van der Waals surface area contributed by atoms with Crippen LogP contribution in [0.1, 0.15) is 31.5 Å². The average molecular weight is 411 g/mol. The smallest absolute Gasteiger partial charge is 0.312 e. The van der Waals surface area contributed by atoms with Crippen molar-refractivity contribution in [2.24, 2.45) is 11.3 Å². The van der Waals surface area contributed by atoms with E-state index in [4.69, 9.17) is 4.74 Å². The molecule has 3 aliphatic heterocycles. The van der Waals surface area contributed by atoms with Gasteiger partial charge in [-0.25, -0.2) is 4.98 Å². The zero-order chi connectivity index (χ0) is 17.4. The van der Waals surface area contributed by atoms with Gasteiger partial charge in [0.2, 0.25) is 5.91 Å². The molecule has 0 aliphatic carbocycles. The largest absolute Gasteiger partial charge is 0.460 e. The van der Waals surface area contributed by atoms with Crippen molar-refractivity contribution in [3.05, 3.63) is 16.6 Å². The first-order valence-electron chi connectivity index (χ1n) is 8.97. The van der Waals surface area contributed by atoms with Crippen LogP contribution in [0.15, 0.2) is 10.8 Å². The molecular weight excluding hydrogens is 388 g/mol. The van der Waals surface area contributed by atoms with Crippen molar-refractivity contribution < 1.29 is 14.3 Å². The molecule has 1 aromatic heterocycles. The second-order valence-corrected chi connectivity index (χ2v) is 8.16. The molecule has 4 heterocycles. The summed E-state index contributed by atoms with van der Waals surface area (Å²) in [5.41, 5.74) is -0.331. The molecule has 4 rings (SSSR count). The van der Waals surface area contributed by atoms with E-state index in [2.05, 4.69) is 31.5 Å². The van der Waals surface area contributed by atoms with Crippen molar-refractivity contribution >= 4 is 27.8 Å². The minimum Gasteiger partial charge on any atom is -0.460 e. The minimum absolute atomic E-state index is 0.0357. The van der Waals surface area contributed by atoms with E-state index in [1.165, 1.54) is 0 Å². The van der Waals surface area contributed by atoms with Gasteiger partial charge in [-0.05, 0) is 48.3 Å². The Balaban J connectivity index is 1.31. The van der Waals surface area contributed by atoms with Gasteiger partial charge >= 0.3 is 5.97 Å². The molecule has 2 saturated heterocycles. The van der Waals surface area contributed by atoms with Crippen molar-refractivity contribution in [3.8, 4) is 0 Å². The lowest BCUT2D eigenvalue weighted by atomic mass is 9.76. The Hall–Kier alpha value is -1.41. The fourth-order valence-electron chi connectivity index (χ4n) is 4.23. The highest BCUT2D eigenvalue weighted by Gasteiger charge is 2.49. The Bertz CT molecular complexity index is 683. The highest BCUT2D eigenvalue weighted by molar-refractivity contribution is 9.10. The van der Waals surface area contributed by atoms with Crippen LogP contribution in [0.2, 0.25) is 0 Å². The first-order valence-corrected chi connectivity index (χ1v) is 9.76. The summed E-state index contributed by atoms with van der Waals surface area (Å²) in [6.07, 6.45) is 5.57. The summed E-state index contributed by atoms with van der Waals surface area (Å²) in [4.78, 5) is 29.1. The number of aryl methyl sites for hydroxylation is 1. The highest BCUT2D eigenvalue weighted by atomic mass is 79.9. The maximum atomic E-state index is 12.5. The number of cyclic esters (lactones) is 1. The van der Waals surface area contributed by atoms with Crippen LogP contribution in [0.25, 0.3) is 0 Å². The van der Waals surface area contributed by atoms with E-state index in [0.717, 1.165) is 55.6 Å². The molecule has 0 saturated carbocycles. The predicted molar refractivity (Wildman–Crippen MR) is 93.8 cm³/mol. The molecule has 0 radical (unpaired) electrons. The van der Waals surface area contributed by atoms with Gasteiger partial charge in [0, 0.05) is 19.4 Å². The summed E-state index contributed by atoms with van der Waals surface area (Å²) < 4.78 is 8.51. The van der Waals surface area contributed by atoms with Crippen molar-refractivity contribution in [1.82, 2.24) is 20.2 Å². The molecule has 3 aliphatic rings. The molecule has 2 N–H and O–H groups in total. The fourth-order valence-corrected chi connectivity index (χ4v) is 4.69. The number of nitrogens with one attached hydrogen (secondary N) is 2. The van der Waals surface area contributed by atoms with E-state index >= 15 is 0 Å². The summed E-state index contributed by atoms with van der Waals surface area (Å²) in [5.74, 6) is 0.905. The van der Waals surface area contributed by atoms with Crippen LogP contribution in [-0.4, -0.2) is 47.2 Å². The van der Waals surface area contributed by atoms with Gasteiger partial charge in [-0.1, -0.05) is 0 Å². The van der Waals surface area contributed by atoms with E-state index in [-0.39, 0.29) is 29.3 Å². The first kappa shape index (κ1) is 17.0. The maximum absolute atomic E-state index is 12.5. The maximum Gasteiger partial charge on any atom is 0.312 e. The number of amides is 1. The molecule has 2 atom stereocenters. The Morgan fingerprint density at radius 3 is 3.08 bits per heavy atom. The number of carbonyl (C=O) groups excluding carboxylic acids is 2. The first-order chi connectivity index (χ1) is 12.1. The second-order valence-electron chi connectivity index (χ2n) is 7.35. The van der Waals surface area contributed by atoms with Crippen molar-refractivity contribution in [3.63, 3.8) is 0 Å². The monoisotopic (exact) mass is 410 g/mol. The van der Waals surface area contributed by atoms with E-state index < -0.39 is 0 Å². The molecule has 0 aromatic carbocycles. The molecule has 7 nitrogen and oxygen atoms in total. The zero-order valence-electron chi connectivity index (χ0n) is 14.1. The van der Waals surface area contributed by atoms with Crippen LogP contribution in [0.3, 0.4) is 0 Å². The second kappa shape index (κ2) is 6.72. The van der Waals surface area contributed by atoms with Gasteiger partial charge in [-0.15, -0.1) is 0 Å². The Morgan fingerprint density at radius 2 is 2.28 bits per heavy atom. The number of hydrogen-bond donors (Lipinski definition) is 2. The van der Waals surface area contributed by atoms with Gasteiger partial charge in [0.05, 0.1) is 24.1 Å². The SMILES string of the molecule is O=C(NCC1CC2(CCNCC2)C(=O)O1)C1CCc2ncc(Br)n2C1. The third kappa shape index (κ3) is 3.21. The molecule has 0 bridgehead atoms. The Kier molecular flexibility index (Phi) is 4.58. The number of esters is 1. The normalized spacial score (nSPS) is 27.8. The summed E-state index contributed by atoms with van der Waals surface area (Å²) >= 11 is 3.47. The lowest BCUT2D eigenvalue weighted by molar-refractivity contribution is -0.150. The van der Waals surface area contributed by atoms with Crippen molar-refractivity contribution in [2.45, 2.75) is 44.8 Å². The lowest BCUT2D eigenvalue weighted by Crippen LogP contribution is -2.41. The highest BCUT2D eigenvalue weighted by Crippen LogP contribution is 2.41. The number of nitrogens with zero attached hydrogens (tertiary/aromatic N) is 2. The van der Waals surface area contributed by atoms with Crippen LogP contribution in [0, 0.1) is 11.3 Å². The van der Waals surface area contributed by atoms with Gasteiger partial charge in [-0.2, -0.15) is 0 Å². The van der Waals surface area contributed by atoms with E-state index in [1.807, 2.05) is 4.57 Å². The van der Waals surface area contributed by atoms with Gasteiger partial charge in [0.25, 0.3) is 0 Å². The number of fused-ring (bicyclic) bond motifs is 1. The number of halogens is 1. The van der Waals surface area contributed by atoms with E-state index in [9.17, 15) is 9.59 Å². The number of hydrogen-bond acceptors (Lipinski definition) is 5. The zero-order valence-corrected chi connectivity index (χ0v) is 15.7. The van der Waals surface area contributed by atoms with Gasteiger partial charge in [-0.3, -0.25) is 9.59 Å². The predicted octanol–water partition coefficient (Wildman–Crippen LogP) is 1.01. The van der Waals surface area contributed by atoms with Crippen LogP contribution >= 0.6 is 15.9 Å². The topological polar surface area (TPSA) is 85.2 Å². The molecular formula is C17H23BrN4O3. The molecule has 2 unspecified atom stereocenters. The molecule has 136 valence electrons. The summed E-state index contributed by atoms with van der Waals surface area (Å²) in [5, 5.41) is 6.28. The summed E-state index contributed by atoms with van der Waals surface area (Å²) in [6, 6.07) is 0. The van der Waals surface area contributed by atoms with Crippen LogP contribution < -0.4 is 10.6 Å². The molecule has 1 amide bonds. The Morgan fingerprint density at radius 1 is 1.48 bits per heavy atom. The fraction of sp³-hybridized carbons (Fsp3) is 0.706. The number of ether oxygens (including phenoxy) is 1. The van der Waals surface area contributed by atoms with Gasteiger partial charge in [0.1, 0.15) is 16.5 Å². The quantitative estimate of drug-likeness (QED) is 0.726. The van der Waals surface area contributed by atoms with Crippen LogP contribution in [0.4, 0.5) is 0 Å². The third-order valence-electron chi connectivity index (χ3n) is 5.77. The summed E-state index contributed by atoms with van der Waals surface area (Å²) in [6.45, 7) is 2.77. The number of aromatic nitrogens is 2. The number of rotatable bonds is 3. The lowest BCUT2D eigenvalue weighted by Gasteiger charge is -2.29. The van der Waals surface area contributed by atoms with Crippen LogP contribution in [-0.2, 0) is 27.3 Å². The molecule has 8 heteroatoms. The Labute approximate surface area is 155 Å². The molecule has 25 heavy (non-hydrogen) atoms. The van der Waals surface area contributed by atoms with Crippen molar-refractivity contribution in [2.75, 3.05) is 19.6 Å². The van der Waals surface area contributed by atoms with E-state index in [0.29, 0.717) is 13.1 Å². The van der Waals surface area contributed by atoms with Crippen molar-refractivity contribution in [1.29, 1.82) is 0 Å². The minimum atomic E-state index is -0.331. The number of piperidine rings is 1. The average Bonchev–Trinajstić information content (AvgIpc) is 3.14.